The largest absolute Gasteiger partial charge is 0.481 e. The third kappa shape index (κ3) is 7.61. The molecule has 0 aliphatic carbocycles. The summed E-state index contributed by atoms with van der Waals surface area (Å²) in [6.07, 6.45) is 7.34. The zero-order valence-corrected chi connectivity index (χ0v) is 27.8. The third-order valence-corrected chi connectivity index (χ3v) is 9.61. The number of carbonyl (C=O) groups is 4. The van der Waals surface area contributed by atoms with E-state index in [2.05, 4.69) is 46.2 Å². The summed E-state index contributed by atoms with van der Waals surface area (Å²) in [6.45, 7) is 7.74. The Bertz CT molecular complexity index is 1550. The average Bonchev–Trinajstić information content (AvgIpc) is 3.61. The molecule has 242 valence electrons. The summed E-state index contributed by atoms with van der Waals surface area (Å²) in [5.74, 6) is -1.54. The number of carboxylic acids is 2. The van der Waals surface area contributed by atoms with Gasteiger partial charge in [0.15, 0.2) is 0 Å². The van der Waals surface area contributed by atoms with E-state index in [-0.39, 0.29) is 48.6 Å². The van der Waals surface area contributed by atoms with Gasteiger partial charge in [-0.3, -0.25) is 19.2 Å². The molecule has 45 heavy (non-hydrogen) atoms. The number of amides is 2. The second-order valence-corrected chi connectivity index (χ2v) is 12.7. The molecule has 4 rings (SSSR count). The number of aliphatic carboxylic acids is 2. The molecular weight excluding hydrogens is 613 g/mol. The van der Waals surface area contributed by atoms with Crippen LogP contribution in [0.25, 0.3) is 12.2 Å². The molecule has 2 amide bonds. The van der Waals surface area contributed by atoms with Crippen molar-refractivity contribution >= 4 is 61.2 Å². The van der Waals surface area contributed by atoms with E-state index >= 15 is 0 Å². The van der Waals surface area contributed by atoms with E-state index in [1.165, 1.54) is 5.41 Å². The summed E-state index contributed by atoms with van der Waals surface area (Å²) in [5.41, 5.74) is 8.17. The molecule has 1 aromatic rings. The SMILES string of the molecule is CC1=C(CCC(=O)O)/C(=C\c2[nH]c(/C=C3\NC(=O)[C@H](C)[C@H]3CCS)c(C)c2CCC(=O)O)NC1C[C@H]1NC(=O)C(/C=C/S)=C1C. The summed E-state index contributed by atoms with van der Waals surface area (Å²) in [6, 6.07) is -0.354. The highest BCUT2D eigenvalue weighted by molar-refractivity contribution is 7.83. The van der Waals surface area contributed by atoms with E-state index in [0.29, 0.717) is 30.6 Å². The Labute approximate surface area is 274 Å². The molecule has 0 aromatic carbocycles. The van der Waals surface area contributed by atoms with E-state index in [9.17, 15) is 29.4 Å². The predicted octanol–water partition coefficient (Wildman–Crippen LogP) is 4.53. The summed E-state index contributed by atoms with van der Waals surface area (Å²) in [5, 5.41) is 30.1. The minimum Gasteiger partial charge on any atom is -0.481 e. The molecule has 12 heteroatoms. The molecule has 0 radical (unpaired) electrons. The van der Waals surface area contributed by atoms with Gasteiger partial charge >= 0.3 is 11.9 Å². The van der Waals surface area contributed by atoms with Crippen molar-refractivity contribution in [1.82, 2.24) is 20.9 Å². The van der Waals surface area contributed by atoms with Crippen molar-refractivity contribution in [2.24, 2.45) is 11.8 Å². The highest BCUT2D eigenvalue weighted by Gasteiger charge is 2.36. The number of thiol groups is 2. The Morgan fingerprint density at radius 3 is 2.24 bits per heavy atom. The predicted molar refractivity (Wildman–Crippen MR) is 181 cm³/mol. The normalized spacial score (nSPS) is 25.2. The van der Waals surface area contributed by atoms with Gasteiger partial charge in [-0.15, -0.1) is 0 Å². The maximum atomic E-state index is 12.5. The Hall–Kier alpha value is -3.64. The van der Waals surface area contributed by atoms with Gasteiger partial charge in [0.1, 0.15) is 0 Å². The Morgan fingerprint density at radius 2 is 1.60 bits per heavy atom. The maximum Gasteiger partial charge on any atom is 0.303 e. The highest BCUT2D eigenvalue weighted by atomic mass is 32.1. The number of carboxylic acid groups (broad SMARTS) is 2. The number of carbonyl (C=O) groups excluding carboxylic acids is 2. The van der Waals surface area contributed by atoms with Gasteiger partial charge in [0.2, 0.25) is 5.91 Å². The zero-order valence-electron chi connectivity index (χ0n) is 26.0. The molecule has 3 aliphatic heterocycles. The van der Waals surface area contributed by atoms with Crippen molar-refractivity contribution in [2.45, 2.75) is 78.3 Å². The zero-order chi connectivity index (χ0) is 33.0. The van der Waals surface area contributed by atoms with Gasteiger partial charge < -0.3 is 31.1 Å². The van der Waals surface area contributed by atoms with Gasteiger partial charge in [0, 0.05) is 59.1 Å². The monoisotopic (exact) mass is 654 g/mol. The van der Waals surface area contributed by atoms with Crippen LogP contribution in [0.3, 0.4) is 0 Å². The first-order valence-corrected chi connectivity index (χ1v) is 16.3. The van der Waals surface area contributed by atoms with E-state index in [1.807, 2.05) is 39.8 Å². The number of allylic oxidation sites excluding steroid dienone is 2. The summed E-state index contributed by atoms with van der Waals surface area (Å²) < 4.78 is 0. The lowest BCUT2D eigenvalue weighted by Gasteiger charge is -2.20. The fourth-order valence-electron chi connectivity index (χ4n) is 6.49. The van der Waals surface area contributed by atoms with Crippen LogP contribution in [0.4, 0.5) is 0 Å². The highest BCUT2D eigenvalue weighted by Crippen LogP contribution is 2.36. The first kappa shape index (κ1) is 34.2. The lowest BCUT2D eigenvalue weighted by atomic mass is 9.91. The lowest BCUT2D eigenvalue weighted by molar-refractivity contribution is -0.138. The van der Waals surface area contributed by atoms with Crippen LogP contribution in [0.15, 0.2) is 45.2 Å². The van der Waals surface area contributed by atoms with Gasteiger partial charge in [-0.25, -0.2) is 0 Å². The van der Waals surface area contributed by atoms with Crippen molar-refractivity contribution in [3.8, 4) is 0 Å². The molecule has 1 saturated heterocycles. The molecule has 0 spiro atoms. The van der Waals surface area contributed by atoms with E-state index in [0.717, 1.165) is 57.0 Å². The van der Waals surface area contributed by atoms with Crippen LogP contribution in [-0.4, -0.2) is 56.8 Å². The van der Waals surface area contributed by atoms with Crippen molar-refractivity contribution < 1.29 is 29.4 Å². The third-order valence-electron chi connectivity index (χ3n) is 9.21. The van der Waals surface area contributed by atoms with E-state index in [4.69, 9.17) is 0 Å². The summed E-state index contributed by atoms with van der Waals surface area (Å²) >= 11 is 8.50. The second kappa shape index (κ2) is 14.6. The van der Waals surface area contributed by atoms with Crippen LogP contribution < -0.4 is 16.0 Å². The molecule has 6 N–H and O–H groups in total. The minimum atomic E-state index is -0.911. The fourth-order valence-corrected chi connectivity index (χ4v) is 6.91. The van der Waals surface area contributed by atoms with E-state index < -0.39 is 11.9 Å². The minimum absolute atomic E-state index is 0.00443. The number of aromatic nitrogens is 1. The van der Waals surface area contributed by atoms with Crippen molar-refractivity contribution in [2.75, 3.05) is 5.75 Å². The van der Waals surface area contributed by atoms with Crippen LogP contribution in [-0.2, 0) is 25.6 Å². The number of H-pyrrole nitrogens is 1. The Balaban J connectivity index is 1.73. The molecule has 1 unspecified atom stereocenters. The fraction of sp³-hybridized carbons (Fsp3) is 0.455. The van der Waals surface area contributed by atoms with Crippen molar-refractivity contribution in [1.29, 1.82) is 0 Å². The van der Waals surface area contributed by atoms with Crippen LogP contribution in [0.1, 0.15) is 75.4 Å². The van der Waals surface area contributed by atoms with Gasteiger partial charge in [-0.2, -0.15) is 25.3 Å². The molecule has 10 nitrogen and oxygen atoms in total. The number of nitrogens with one attached hydrogen (secondary N) is 4. The summed E-state index contributed by atoms with van der Waals surface area (Å²) in [4.78, 5) is 51.6. The smallest absolute Gasteiger partial charge is 0.303 e. The molecule has 4 atom stereocenters. The quantitative estimate of drug-likeness (QED) is 0.145. The molecule has 1 aromatic heterocycles. The van der Waals surface area contributed by atoms with Crippen LogP contribution in [0, 0.1) is 18.8 Å². The molecule has 4 heterocycles. The van der Waals surface area contributed by atoms with Gasteiger partial charge in [0.05, 0.1) is 6.04 Å². The molecular formula is C33H42N4O6S2. The molecule has 0 bridgehead atoms. The topological polar surface area (TPSA) is 161 Å². The number of hydrogen-bond acceptors (Lipinski definition) is 7. The lowest BCUT2D eigenvalue weighted by Crippen LogP contribution is -2.36. The standard InChI is InChI=1S/C33H42N4O6S2/c1-16-20(5-7-30(38)39)27(34-24(16)13-26-18(3)23(10-12-45)33(43)36-26)15-28-21(6-8-31(40)41)17(2)25(35-28)14-29-22(9-11-44)19(4)32(42)37-29/h10,12,14-15,19,22,24,26,34-35,44-45H,5-9,11,13H2,1-4H3,(H,36,43)(H,37,42)(H,38,39)(H,40,41)/b12-10+,27-15+,29-14-/t19-,22-,24?,26-/m1/s1. The second-order valence-electron chi connectivity index (χ2n) is 11.9. The average molecular weight is 655 g/mol. The van der Waals surface area contributed by atoms with Crippen LogP contribution >= 0.6 is 25.3 Å². The number of rotatable bonds is 13. The number of aromatic amines is 1. The van der Waals surface area contributed by atoms with Gasteiger partial charge in [-0.05, 0) is 104 Å². The van der Waals surface area contributed by atoms with Gasteiger partial charge in [0.25, 0.3) is 5.91 Å². The molecule has 3 aliphatic rings. The molecule has 1 fully saturated rings. The first-order valence-electron chi connectivity index (χ1n) is 15.1. The van der Waals surface area contributed by atoms with Gasteiger partial charge in [-0.1, -0.05) is 6.92 Å². The van der Waals surface area contributed by atoms with Crippen molar-refractivity contribution in [3.05, 3.63) is 67.7 Å². The summed E-state index contributed by atoms with van der Waals surface area (Å²) in [7, 11) is 0. The number of hydrogen-bond donors (Lipinski definition) is 8. The first-order chi connectivity index (χ1) is 21.4. The van der Waals surface area contributed by atoms with Crippen molar-refractivity contribution in [3.63, 3.8) is 0 Å². The van der Waals surface area contributed by atoms with E-state index in [1.54, 1.807) is 6.08 Å². The Morgan fingerprint density at radius 1 is 0.933 bits per heavy atom. The van der Waals surface area contributed by atoms with Crippen LogP contribution in [0.5, 0.6) is 0 Å². The van der Waals surface area contributed by atoms with Crippen LogP contribution in [0.2, 0.25) is 0 Å². The maximum absolute atomic E-state index is 12.5. The molecule has 0 saturated carbocycles. The Kier molecular flexibility index (Phi) is 11.1.